The molecule has 3 aromatic carbocycles. The number of benzene rings is 3. The molecule has 3 aromatic rings. The van der Waals surface area contributed by atoms with Crippen LogP contribution in [-0.2, 0) is 29.2 Å². The van der Waals surface area contributed by atoms with E-state index in [4.69, 9.17) is 18.2 Å². The van der Waals surface area contributed by atoms with Crippen LogP contribution < -0.4 is 15.1 Å². The number of halogens is 1. The molecule has 1 spiro atoms. The molecule has 56 heavy (non-hydrogen) atoms. The van der Waals surface area contributed by atoms with Gasteiger partial charge in [0.1, 0.15) is 6.04 Å². The smallest absolute Gasteiger partial charge is 0.262 e. The predicted octanol–water partition coefficient (Wildman–Crippen LogP) is 6.41. The summed E-state index contributed by atoms with van der Waals surface area (Å²) in [7, 11) is 0. The number of amides is 4. The van der Waals surface area contributed by atoms with Crippen molar-refractivity contribution in [1.82, 2.24) is 20.0 Å². The van der Waals surface area contributed by atoms with Gasteiger partial charge in [0.2, 0.25) is 17.5 Å². The van der Waals surface area contributed by atoms with Crippen LogP contribution in [0.4, 0.5) is 17.1 Å². The van der Waals surface area contributed by atoms with Crippen LogP contribution in [0, 0.1) is 17.9 Å². The molecule has 4 fully saturated rings. The number of carbonyl (C=O) groups excluding carboxylic acids is 4. The van der Waals surface area contributed by atoms with E-state index in [0.717, 1.165) is 93.5 Å². The number of anilines is 2. The fraction of sp³-hybridized carbons (Fsp3) is 0.477. The standard InChI is InChI=1S/C44H48ClN7O4/c1-28-22-44(27-51(28)34-7-8-38(46-2)37(45)21-34)13-17-50(18-14-44)33-5-3-29(4-6-33)23-48-15-11-30(12-16-48)24-49-25-31-19-35-36(20-32(31)26-49)43(56)52(42(35)55)39-9-10-40(53)47-41(39)54/h3-8,19-21,28,30,39H,9-18,22-27H2,1H3,(H,47,53,54)/t28-,39?/m0/s1. The van der Waals surface area contributed by atoms with E-state index in [-0.39, 0.29) is 18.7 Å². The minimum atomic E-state index is -0.941. The van der Waals surface area contributed by atoms with Crippen LogP contribution in [0.1, 0.15) is 89.3 Å². The lowest BCUT2D eigenvalue weighted by Gasteiger charge is -2.40. The molecule has 4 saturated heterocycles. The Hall–Kier alpha value is -4.76. The summed E-state index contributed by atoms with van der Waals surface area (Å²) in [5.74, 6) is -1.24. The van der Waals surface area contributed by atoms with E-state index in [1.165, 1.54) is 30.5 Å². The van der Waals surface area contributed by atoms with Crippen molar-refractivity contribution in [2.45, 2.75) is 83.6 Å². The van der Waals surface area contributed by atoms with E-state index in [1.807, 2.05) is 30.3 Å². The summed E-state index contributed by atoms with van der Waals surface area (Å²) in [6.07, 6.45) is 6.10. The number of carbonyl (C=O) groups is 4. The summed E-state index contributed by atoms with van der Waals surface area (Å²) in [6.45, 7) is 18.4. The third-order valence-corrected chi connectivity index (χ3v) is 13.8. The van der Waals surface area contributed by atoms with E-state index in [9.17, 15) is 19.2 Å². The Morgan fingerprint density at radius 3 is 2.12 bits per heavy atom. The zero-order chi connectivity index (χ0) is 38.7. The zero-order valence-electron chi connectivity index (χ0n) is 31.9. The minimum Gasteiger partial charge on any atom is -0.371 e. The van der Waals surface area contributed by atoms with Crippen molar-refractivity contribution in [1.29, 1.82) is 0 Å². The predicted molar refractivity (Wildman–Crippen MR) is 215 cm³/mol. The summed E-state index contributed by atoms with van der Waals surface area (Å²) in [5.41, 5.74) is 7.50. The Bertz CT molecular complexity index is 2090. The largest absolute Gasteiger partial charge is 0.371 e. The van der Waals surface area contributed by atoms with Crippen LogP contribution >= 0.6 is 11.6 Å². The van der Waals surface area contributed by atoms with E-state index in [2.05, 4.69) is 61.0 Å². The van der Waals surface area contributed by atoms with Crippen LogP contribution in [-0.4, -0.2) is 89.7 Å². The monoisotopic (exact) mass is 773 g/mol. The Morgan fingerprint density at radius 1 is 0.839 bits per heavy atom. The number of hydrogen-bond donors (Lipinski definition) is 1. The highest BCUT2D eigenvalue weighted by atomic mass is 35.5. The van der Waals surface area contributed by atoms with E-state index in [1.54, 1.807) is 0 Å². The number of likely N-dealkylation sites (tertiary alicyclic amines) is 1. The molecular weight excluding hydrogens is 726 g/mol. The van der Waals surface area contributed by atoms with Gasteiger partial charge in [-0.3, -0.25) is 39.2 Å². The van der Waals surface area contributed by atoms with Crippen molar-refractivity contribution in [3.05, 3.63) is 98.9 Å². The van der Waals surface area contributed by atoms with Crippen molar-refractivity contribution in [2.24, 2.45) is 11.3 Å². The van der Waals surface area contributed by atoms with Gasteiger partial charge in [0, 0.05) is 74.7 Å². The number of imide groups is 2. The van der Waals surface area contributed by atoms with Gasteiger partial charge in [0.25, 0.3) is 11.8 Å². The van der Waals surface area contributed by atoms with Crippen LogP contribution in [0.3, 0.4) is 0 Å². The molecule has 11 nitrogen and oxygen atoms in total. The Kier molecular flexibility index (Phi) is 9.63. The first-order valence-corrected chi connectivity index (χ1v) is 20.5. The van der Waals surface area contributed by atoms with Crippen molar-refractivity contribution >= 4 is 52.3 Å². The lowest BCUT2D eigenvalue weighted by molar-refractivity contribution is -0.136. The first-order valence-electron chi connectivity index (χ1n) is 20.2. The number of fused-ring (bicyclic) bond motifs is 2. The summed E-state index contributed by atoms with van der Waals surface area (Å²) in [5, 5.41) is 2.80. The van der Waals surface area contributed by atoms with Crippen molar-refractivity contribution in [3.63, 3.8) is 0 Å². The molecular formula is C44H48ClN7O4. The molecule has 0 aliphatic carbocycles. The first kappa shape index (κ1) is 36.9. The van der Waals surface area contributed by atoms with Gasteiger partial charge in [-0.05, 0) is 123 Å². The highest BCUT2D eigenvalue weighted by Gasteiger charge is 2.46. The second-order valence-corrected chi connectivity index (χ2v) is 17.5. The first-order chi connectivity index (χ1) is 27.1. The summed E-state index contributed by atoms with van der Waals surface area (Å²) in [6, 6.07) is 18.3. The molecule has 0 radical (unpaired) electrons. The molecule has 0 bridgehead atoms. The third kappa shape index (κ3) is 6.86. The van der Waals surface area contributed by atoms with Gasteiger partial charge in [-0.1, -0.05) is 29.8 Å². The van der Waals surface area contributed by atoms with E-state index >= 15 is 0 Å². The van der Waals surface area contributed by atoms with Gasteiger partial charge in [0.05, 0.1) is 17.7 Å². The SMILES string of the molecule is [C-]#[N+]c1ccc(N2CC3(CCN(c4ccc(CN5CCC(CN6Cc7cc8c(cc7C6)C(=O)N(C6CCC(=O)NC6=O)C8=O)CC5)cc4)CC3)C[C@@H]2C)cc1Cl. The molecule has 6 aliphatic heterocycles. The fourth-order valence-electron chi connectivity index (χ4n) is 10.4. The number of hydrogen-bond acceptors (Lipinski definition) is 8. The molecule has 290 valence electrons. The lowest BCUT2D eigenvalue weighted by Crippen LogP contribution is -2.54. The van der Waals surface area contributed by atoms with Crippen LogP contribution in [0.2, 0.25) is 5.02 Å². The molecule has 1 unspecified atom stereocenters. The van der Waals surface area contributed by atoms with E-state index in [0.29, 0.717) is 39.2 Å². The van der Waals surface area contributed by atoms with Crippen LogP contribution in [0.5, 0.6) is 0 Å². The Balaban J connectivity index is 0.729. The van der Waals surface area contributed by atoms with Crippen molar-refractivity contribution in [2.75, 3.05) is 49.1 Å². The highest BCUT2D eigenvalue weighted by molar-refractivity contribution is 6.33. The maximum atomic E-state index is 13.3. The molecule has 12 heteroatoms. The van der Waals surface area contributed by atoms with E-state index < -0.39 is 23.8 Å². The maximum Gasteiger partial charge on any atom is 0.262 e. The highest BCUT2D eigenvalue weighted by Crippen LogP contribution is 2.46. The Morgan fingerprint density at radius 2 is 1.50 bits per heavy atom. The molecule has 6 aliphatic rings. The van der Waals surface area contributed by atoms with Gasteiger partial charge in [-0.15, -0.1) is 0 Å². The molecule has 4 amide bonds. The zero-order valence-corrected chi connectivity index (χ0v) is 32.7. The van der Waals surface area contributed by atoms with Gasteiger partial charge < -0.3 is 9.80 Å². The van der Waals surface area contributed by atoms with Gasteiger partial charge in [0.15, 0.2) is 0 Å². The van der Waals surface area contributed by atoms with Gasteiger partial charge >= 0.3 is 0 Å². The fourth-order valence-corrected chi connectivity index (χ4v) is 10.6. The average molecular weight is 774 g/mol. The maximum absolute atomic E-state index is 13.3. The molecule has 2 atom stereocenters. The number of nitrogens with zero attached hydrogens (tertiary/aromatic N) is 6. The Labute approximate surface area is 333 Å². The minimum absolute atomic E-state index is 0.114. The molecule has 9 rings (SSSR count). The number of nitrogens with one attached hydrogen (secondary N) is 1. The number of rotatable bonds is 7. The second-order valence-electron chi connectivity index (χ2n) is 17.1. The third-order valence-electron chi connectivity index (χ3n) is 13.5. The number of piperidine rings is 3. The summed E-state index contributed by atoms with van der Waals surface area (Å²) < 4.78 is 0. The quantitative estimate of drug-likeness (QED) is 0.218. The summed E-state index contributed by atoms with van der Waals surface area (Å²) in [4.78, 5) is 65.3. The van der Waals surface area contributed by atoms with Crippen LogP contribution in [0.25, 0.3) is 4.85 Å². The van der Waals surface area contributed by atoms with Crippen LogP contribution in [0.15, 0.2) is 54.6 Å². The normalized spacial score (nSPS) is 24.2. The van der Waals surface area contributed by atoms with Gasteiger partial charge in [-0.25, -0.2) is 4.85 Å². The van der Waals surface area contributed by atoms with Gasteiger partial charge in [-0.2, -0.15) is 0 Å². The van der Waals surface area contributed by atoms with Crippen molar-refractivity contribution in [3.8, 4) is 0 Å². The molecule has 6 heterocycles. The average Bonchev–Trinajstić information content (AvgIpc) is 3.82. The molecule has 0 saturated carbocycles. The topological polar surface area (TPSA) is 101 Å². The van der Waals surface area contributed by atoms with Crippen molar-refractivity contribution < 1.29 is 19.2 Å². The molecule has 0 aromatic heterocycles. The summed E-state index contributed by atoms with van der Waals surface area (Å²) >= 11 is 6.40. The lowest BCUT2D eigenvalue weighted by atomic mass is 9.76. The second kappa shape index (κ2) is 14.6. The molecule has 1 N–H and O–H groups in total.